The molecule has 0 radical (unpaired) electrons. The second kappa shape index (κ2) is 7.03. The van der Waals surface area contributed by atoms with Gasteiger partial charge in [-0.3, -0.25) is 4.57 Å². The molecule has 0 spiro atoms. The van der Waals surface area contributed by atoms with Crippen molar-refractivity contribution in [2.24, 2.45) is 0 Å². The summed E-state index contributed by atoms with van der Waals surface area (Å²) in [5.74, 6) is 0.315. The van der Waals surface area contributed by atoms with Crippen molar-refractivity contribution in [2.75, 3.05) is 38.1 Å². The number of fused-ring (bicyclic) bond motifs is 1. The quantitative estimate of drug-likeness (QED) is 0.702. The van der Waals surface area contributed by atoms with Crippen LogP contribution in [0.3, 0.4) is 0 Å². The molecule has 1 aliphatic rings. The van der Waals surface area contributed by atoms with Gasteiger partial charge in [-0.25, -0.2) is 4.98 Å². The lowest BCUT2D eigenvalue weighted by atomic mass is 10.1. The van der Waals surface area contributed by atoms with Gasteiger partial charge in [0.15, 0.2) is 0 Å². The van der Waals surface area contributed by atoms with E-state index in [1.165, 1.54) is 0 Å². The Bertz CT molecular complexity index is 906. The average Bonchev–Trinajstić information content (AvgIpc) is 2.91. The van der Waals surface area contributed by atoms with Gasteiger partial charge < -0.3 is 9.80 Å². The summed E-state index contributed by atoms with van der Waals surface area (Å²) < 4.78 is 28.5. The number of alkyl halides is 2. The van der Waals surface area contributed by atoms with E-state index in [4.69, 9.17) is 0 Å². The third-order valence-corrected chi connectivity index (χ3v) is 4.98. The first-order chi connectivity index (χ1) is 12.6. The standard InChI is InChI=1S/C20H22F2N4/c1-24-10-5-11-25(13-12-24)16-7-4-6-15(14-16)19-23-17-8-2-3-9-18(17)26(19)20(21)22/h2-4,6-9,14,20H,5,10-13H2,1H3. The fourth-order valence-corrected chi connectivity index (χ4v) is 3.59. The summed E-state index contributed by atoms with van der Waals surface area (Å²) in [6.07, 6.45) is 1.09. The molecule has 4 rings (SSSR count). The van der Waals surface area contributed by atoms with Crippen molar-refractivity contribution in [1.29, 1.82) is 0 Å². The average molecular weight is 356 g/mol. The van der Waals surface area contributed by atoms with E-state index in [1.54, 1.807) is 18.2 Å². The molecule has 2 heterocycles. The van der Waals surface area contributed by atoms with Gasteiger partial charge in [-0.15, -0.1) is 0 Å². The van der Waals surface area contributed by atoms with E-state index in [0.717, 1.165) is 48.4 Å². The number of benzene rings is 2. The van der Waals surface area contributed by atoms with Crippen molar-refractivity contribution in [3.8, 4) is 11.4 Å². The van der Waals surface area contributed by atoms with Crippen LogP contribution < -0.4 is 4.90 Å². The lowest BCUT2D eigenvalue weighted by molar-refractivity contribution is 0.0764. The zero-order valence-electron chi connectivity index (χ0n) is 14.8. The minimum absolute atomic E-state index is 0.315. The maximum atomic E-state index is 13.7. The van der Waals surface area contributed by atoms with Gasteiger partial charge in [-0.05, 0) is 44.3 Å². The van der Waals surface area contributed by atoms with Crippen molar-refractivity contribution >= 4 is 16.7 Å². The maximum absolute atomic E-state index is 13.7. The van der Waals surface area contributed by atoms with E-state index in [2.05, 4.69) is 21.8 Å². The summed E-state index contributed by atoms with van der Waals surface area (Å²) in [6.45, 7) is 1.36. The first kappa shape index (κ1) is 17.0. The predicted octanol–water partition coefficient (Wildman–Crippen LogP) is 4.24. The molecule has 4 nitrogen and oxygen atoms in total. The smallest absolute Gasteiger partial charge is 0.320 e. The normalized spacial score (nSPS) is 16.4. The molecule has 0 saturated carbocycles. The summed E-state index contributed by atoms with van der Waals surface area (Å²) in [6, 6.07) is 14.8. The highest BCUT2D eigenvalue weighted by atomic mass is 19.3. The van der Waals surface area contributed by atoms with Crippen LogP contribution >= 0.6 is 0 Å². The summed E-state index contributed by atoms with van der Waals surface area (Å²) >= 11 is 0. The van der Waals surface area contributed by atoms with Crippen LogP contribution in [0, 0.1) is 0 Å². The summed E-state index contributed by atoms with van der Waals surface area (Å²) in [5.41, 5.74) is 2.83. The van der Waals surface area contributed by atoms with E-state index in [9.17, 15) is 8.78 Å². The van der Waals surface area contributed by atoms with Crippen LogP contribution in [0.2, 0.25) is 0 Å². The van der Waals surface area contributed by atoms with Crippen molar-refractivity contribution < 1.29 is 8.78 Å². The third-order valence-electron chi connectivity index (χ3n) is 4.98. The van der Waals surface area contributed by atoms with Crippen LogP contribution in [0.15, 0.2) is 48.5 Å². The summed E-state index contributed by atoms with van der Waals surface area (Å²) in [5, 5.41) is 0. The van der Waals surface area contributed by atoms with Crippen LogP contribution in [0.25, 0.3) is 22.4 Å². The van der Waals surface area contributed by atoms with Gasteiger partial charge in [0.1, 0.15) is 5.82 Å². The van der Waals surface area contributed by atoms with Crippen LogP contribution in [-0.4, -0.2) is 47.7 Å². The number of nitrogens with zero attached hydrogens (tertiary/aromatic N) is 4. The molecule has 6 heteroatoms. The molecule has 0 amide bonds. The maximum Gasteiger partial charge on any atom is 0.320 e. The molecule has 1 saturated heterocycles. The molecule has 0 bridgehead atoms. The topological polar surface area (TPSA) is 24.3 Å². The Hall–Kier alpha value is -2.47. The highest BCUT2D eigenvalue weighted by Crippen LogP contribution is 2.31. The van der Waals surface area contributed by atoms with Crippen molar-refractivity contribution in [2.45, 2.75) is 13.0 Å². The molecule has 0 aliphatic carbocycles. The molecule has 136 valence electrons. The molecule has 3 aromatic rings. The Morgan fingerprint density at radius 2 is 1.81 bits per heavy atom. The molecular formula is C20H22F2N4. The molecule has 2 aromatic carbocycles. The Labute approximate surface area is 151 Å². The molecule has 26 heavy (non-hydrogen) atoms. The summed E-state index contributed by atoms with van der Waals surface area (Å²) in [4.78, 5) is 9.12. The largest absolute Gasteiger partial charge is 0.370 e. The Balaban J connectivity index is 1.75. The second-order valence-electron chi connectivity index (χ2n) is 6.77. The Kier molecular flexibility index (Phi) is 4.59. The van der Waals surface area contributed by atoms with Gasteiger partial charge in [0.2, 0.25) is 0 Å². The molecule has 1 aromatic heterocycles. The number of imidazole rings is 1. The number of likely N-dealkylation sites (N-methyl/N-ethyl adjacent to an activating group) is 1. The van der Waals surface area contributed by atoms with Gasteiger partial charge in [0, 0.05) is 30.9 Å². The van der Waals surface area contributed by atoms with Crippen LogP contribution in [0.4, 0.5) is 14.5 Å². The van der Waals surface area contributed by atoms with Crippen LogP contribution in [0.5, 0.6) is 0 Å². The van der Waals surface area contributed by atoms with E-state index in [1.807, 2.05) is 30.3 Å². The molecule has 0 N–H and O–H groups in total. The number of halogens is 2. The zero-order chi connectivity index (χ0) is 18.1. The van der Waals surface area contributed by atoms with Gasteiger partial charge in [0.05, 0.1) is 11.0 Å². The van der Waals surface area contributed by atoms with Gasteiger partial charge in [0.25, 0.3) is 0 Å². The minimum atomic E-state index is -2.63. The highest BCUT2D eigenvalue weighted by molar-refractivity contribution is 5.81. The second-order valence-corrected chi connectivity index (χ2v) is 6.77. The van der Waals surface area contributed by atoms with Gasteiger partial charge in [-0.1, -0.05) is 24.3 Å². The lowest BCUT2D eigenvalue weighted by Gasteiger charge is -2.23. The number of anilines is 1. The van der Waals surface area contributed by atoms with E-state index >= 15 is 0 Å². The number of rotatable bonds is 3. The molecule has 1 fully saturated rings. The Morgan fingerprint density at radius 3 is 2.65 bits per heavy atom. The molecule has 1 aliphatic heterocycles. The zero-order valence-corrected chi connectivity index (χ0v) is 14.8. The van der Waals surface area contributed by atoms with Crippen LogP contribution in [0.1, 0.15) is 13.0 Å². The number of aromatic nitrogens is 2. The monoisotopic (exact) mass is 356 g/mol. The van der Waals surface area contributed by atoms with E-state index in [-0.39, 0.29) is 0 Å². The fraction of sp³-hybridized carbons (Fsp3) is 0.350. The molecule has 0 unspecified atom stereocenters. The number of para-hydroxylation sites is 2. The fourth-order valence-electron chi connectivity index (χ4n) is 3.59. The first-order valence-electron chi connectivity index (χ1n) is 8.92. The highest BCUT2D eigenvalue weighted by Gasteiger charge is 2.20. The number of hydrogen-bond donors (Lipinski definition) is 0. The lowest BCUT2D eigenvalue weighted by Crippen LogP contribution is -2.28. The van der Waals surface area contributed by atoms with Crippen molar-refractivity contribution in [1.82, 2.24) is 14.5 Å². The molecular weight excluding hydrogens is 334 g/mol. The molecule has 0 atom stereocenters. The third kappa shape index (κ3) is 3.17. The SMILES string of the molecule is CN1CCCN(c2cccc(-c3nc4ccccc4n3C(F)F)c2)CC1. The minimum Gasteiger partial charge on any atom is -0.370 e. The first-order valence-corrected chi connectivity index (χ1v) is 8.92. The van der Waals surface area contributed by atoms with Gasteiger partial charge >= 0.3 is 6.55 Å². The van der Waals surface area contributed by atoms with Crippen molar-refractivity contribution in [3.63, 3.8) is 0 Å². The van der Waals surface area contributed by atoms with Crippen molar-refractivity contribution in [3.05, 3.63) is 48.5 Å². The van der Waals surface area contributed by atoms with Gasteiger partial charge in [-0.2, -0.15) is 8.78 Å². The van der Waals surface area contributed by atoms with E-state index < -0.39 is 6.55 Å². The summed E-state index contributed by atoms with van der Waals surface area (Å²) in [7, 11) is 2.13. The Morgan fingerprint density at radius 1 is 0.962 bits per heavy atom. The number of hydrogen-bond acceptors (Lipinski definition) is 3. The van der Waals surface area contributed by atoms with E-state index in [0.29, 0.717) is 16.9 Å². The predicted molar refractivity (Wildman–Crippen MR) is 101 cm³/mol. The van der Waals surface area contributed by atoms with Crippen LogP contribution in [-0.2, 0) is 0 Å².